The Labute approximate surface area is 111 Å². The molecule has 0 amide bonds. The Morgan fingerprint density at radius 2 is 1.39 bits per heavy atom. The third-order valence-electron chi connectivity index (χ3n) is 4.63. The van der Waals surface area contributed by atoms with Crippen LogP contribution in [-0.4, -0.2) is 35.1 Å². The molecular weight excluding hydrogens is 226 g/mol. The van der Waals surface area contributed by atoms with Crippen molar-refractivity contribution in [1.29, 1.82) is 0 Å². The number of hydrogen-bond donors (Lipinski definition) is 1. The van der Waals surface area contributed by atoms with E-state index in [2.05, 4.69) is 4.90 Å². The monoisotopic (exact) mass is 253 g/mol. The fourth-order valence-electron chi connectivity index (χ4n) is 3.66. The van der Waals surface area contributed by atoms with Crippen molar-refractivity contribution in [3.8, 4) is 0 Å². The molecule has 2 aliphatic rings. The standard InChI is InChI=1S/C15H27NO2/c17-15(18)14(13-9-5-1-2-6-10-13)16-11-7-3-4-8-12-16/h13-14H,1-12H2,(H,17,18). The van der Waals surface area contributed by atoms with Gasteiger partial charge in [-0.2, -0.15) is 0 Å². The summed E-state index contributed by atoms with van der Waals surface area (Å²) in [6.07, 6.45) is 12.2. The summed E-state index contributed by atoms with van der Waals surface area (Å²) in [4.78, 5) is 13.9. The topological polar surface area (TPSA) is 40.5 Å². The van der Waals surface area contributed by atoms with Crippen LogP contribution in [0.4, 0.5) is 0 Å². The summed E-state index contributed by atoms with van der Waals surface area (Å²) in [7, 11) is 0. The van der Waals surface area contributed by atoms with E-state index in [0.717, 1.165) is 25.9 Å². The molecule has 0 aromatic carbocycles. The maximum Gasteiger partial charge on any atom is 0.321 e. The third kappa shape index (κ3) is 3.71. The van der Waals surface area contributed by atoms with Crippen LogP contribution in [0.5, 0.6) is 0 Å². The number of carbonyl (C=O) groups is 1. The fraction of sp³-hybridized carbons (Fsp3) is 0.933. The summed E-state index contributed by atoms with van der Waals surface area (Å²) >= 11 is 0. The molecule has 3 heteroatoms. The predicted molar refractivity (Wildman–Crippen MR) is 72.7 cm³/mol. The van der Waals surface area contributed by atoms with Gasteiger partial charge in [0.25, 0.3) is 0 Å². The number of carboxylic acid groups (broad SMARTS) is 1. The maximum absolute atomic E-state index is 11.7. The lowest BCUT2D eigenvalue weighted by molar-refractivity contribution is -0.145. The number of rotatable bonds is 3. The van der Waals surface area contributed by atoms with Crippen LogP contribution in [-0.2, 0) is 4.79 Å². The first-order chi connectivity index (χ1) is 8.79. The zero-order valence-corrected chi connectivity index (χ0v) is 11.4. The van der Waals surface area contributed by atoms with E-state index in [1.54, 1.807) is 0 Å². The van der Waals surface area contributed by atoms with Gasteiger partial charge in [-0.25, -0.2) is 0 Å². The van der Waals surface area contributed by atoms with Crippen molar-refractivity contribution < 1.29 is 9.90 Å². The SMILES string of the molecule is O=C(O)C(C1CCCCCC1)N1CCCCCC1. The van der Waals surface area contributed by atoms with Crippen LogP contribution in [0, 0.1) is 5.92 Å². The molecular formula is C15H27NO2. The van der Waals surface area contributed by atoms with Gasteiger partial charge in [0.2, 0.25) is 0 Å². The smallest absolute Gasteiger partial charge is 0.321 e. The highest BCUT2D eigenvalue weighted by Gasteiger charge is 2.33. The van der Waals surface area contributed by atoms with E-state index in [-0.39, 0.29) is 6.04 Å². The maximum atomic E-state index is 11.7. The second kappa shape index (κ2) is 7.13. The van der Waals surface area contributed by atoms with Gasteiger partial charge in [-0.3, -0.25) is 9.69 Å². The van der Waals surface area contributed by atoms with E-state index < -0.39 is 5.97 Å². The average Bonchev–Trinajstić information content (AvgIpc) is 2.74. The quantitative estimate of drug-likeness (QED) is 0.785. The van der Waals surface area contributed by atoms with Gasteiger partial charge in [0.15, 0.2) is 0 Å². The van der Waals surface area contributed by atoms with E-state index >= 15 is 0 Å². The first-order valence-corrected chi connectivity index (χ1v) is 7.76. The lowest BCUT2D eigenvalue weighted by Gasteiger charge is -2.33. The molecule has 1 heterocycles. The predicted octanol–water partition coefficient (Wildman–Crippen LogP) is 3.29. The molecule has 18 heavy (non-hydrogen) atoms. The first-order valence-electron chi connectivity index (χ1n) is 7.76. The number of hydrogen-bond acceptors (Lipinski definition) is 2. The molecule has 2 rings (SSSR count). The molecule has 3 nitrogen and oxygen atoms in total. The van der Waals surface area contributed by atoms with E-state index in [4.69, 9.17) is 0 Å². The zero-order valence-electron chi connectivity index (χ0n) is 11.4. The van der Waals surface area contributed by atoms with Crippen LogP contribution in [0.15, 0.2) is 0 Å². The molecule has 0 radical (unpaired) electrons. The van der Waals surface area contributed by atoms with Gasteiger partial charge in [0, 0.05) is 0 Å². The number of nitrogens with zero attached hydrogens (tertiary/aromatic N) is 1. The lowest BCUT2D eigenvalue weighted by atomic mass is 9.90. The number of likely N-dealkylation sites (tertiary alicyclic amines) is 1. The highest BCUT2D eigenvalue weighted by atomic mass is 16.4. The van der Waals surface area contributed by atoms with Crippen molar-refractivity contribution in [2.24, 2.45) is 5.92 Å². The molecule has 104 valence electrons. The highest BCUT2D eigenvalue weighted by Crippen LogP contribution is 2.29. The second-order valence-electron chi connectivity index (χ2n) is 5.98. The Hall–Kier alpha value is -0.570. The largest absolute Gasteiger partial charge is 0.480 e. The molecule has 0 aromatic heterocycles. The molecule has 1 unspecified atom stereocenters. The zero-order chi connectivity index (χ0) is 12.8. The van der Waals surface area contributed by atoms with Crippen LogP contribution in [0.1, 0.15) is 64.2 Å². The van der Waals surface area contributed by atoms with E-state index in [1.165, 1.54) is 51.4 Å². The fourth-order valence-corrected chi connectivity index (χ4v) is 3.66. The van der Waals surface area contributed by atoms with Crippen molar-refractivity contribution in [3.05, 3.63) is 0 Å². The second-order valence-corrected chi connectivity index (χ2v) is 5.98. The molecule has 1 aliphatic heterocycles. The number of carboxylic acids is 1. The van der Waals surface area contributed by atoms with Gasteiger partial charge >= 0.3 is 5.97 Å². The molecule has 1 saturated carbocycles. The Morgan fingerprint density at radius 1 is 0.889 bits per heavy atom. The van der Waals surface area contributed by atoms with Crippen LogP contribution >= 0.6 is 0 Å². The van der Waals surface area contributed by atoms with Crippen molar-refractivity contribution in [1.82, 2.24) is 4.90 Å². The minimum Gasteiger partial charge on any atom is -0.480 e. The minimum absolute atomic E-state index is 0.207. The van der Waals surface area contributed by atoms with Crippen molar-refractivity contribution in [2.75, 3.05) is 13.1 Å². The Kier molecular flexibility index (Phi) is 5.48. The van der Waals surface area contributed by atoms with Gasteiger partial charge in [0.1, 0.15) is 6.04 Å². The van der Waals surface area contributed by atoms with Crippen LogP contribution < -0.4 is 0 Å². The summed E-state index contributed by atoms with van der Waals surface area (Å²) in [5.41, 5.74) is 0. The van der Waals surface area contributed by atoms with Gasteiger partial charge in [-0.05, 0) is 44.7 Å². The Morgan fingerprint density at radius 3 is 1.89 bits per heavy atom. The first kappa shape index (κ1) is 13.9. The molecule has 0 bridgehead atoms. The van der Waals surface area contributed by atoms with Crippen molar-refractivity contribution in [2.45, 2.75) is 70.3 Å². The number of aliphatic carboxylic acids is 1. The summed E-state index contributed by atoms with van der Waals surface area (Å²) in [5, 5.41) is 9.62. The summed E-state index contributed by atoms with van der Waals surface area (Å²) < 4.78 is 0. The van der Waals surface area contributed by atoms with Gasteiger partial charge in [0.05, 0.1) is 0 Å². The van der Waals surface area contributed by atoms with Crippen molar-refractivity contribution >= 4 is 5.97 Å². The van der Waals surface area contributed by atoms with E-state index in [9.17, 15) is 9.90 Å². The van der Waals surface area contributed by atoms with Gasteiger partial charge < -0.3 is 5.11 Å². The van der Waals surface area contributed by atoms with Crippen molar-refractivity contribution in [3.63, 3.8) is 0 Å². The highest BCUT2D eigenvalue weighted by molar-refractivity contribution is 5.74. The average molecular weight is 253 g/mol. The van der Waals surface area contributed by atoms with Crippen LogP contribution in [0.2, 0.25) is 0 Å². The Balaban J connectivity index is 2.02. The molecule has 1 atom stereocenters. The van der Waals surface area contributed by atoms with Gasteiger partial charge in [-0.15, -0.1) is 0 Å². The molecule has 0 spiro atoms. The Bertz CT molecular complexity index is 231. The minimum atomic E-state index is -0.580. The molecule has 1 N–H and O–H groups in total. The molecule has 2 fully saturated rings. The van der Waals surface area contributed by atoms with Gasteiger partial charge in [-0.1, -0.05) is 38.5 Å². The van der Waals surface area contributed by atoms with Crippen LogP contribution in [0.3, 0.4) is 0 Å². The van der Waals surface area contributed by atoms with E-state index in [1.807, 2.05) is 0 Å². The summed E-state index contributed by atoms with van der Waals surface area (Å²) in [6.45, 7) is 1.99. The van der Waals surface area contributed by atoms with E-state index in [0.29, 0.717) is 5.92 Å². The molecule has 1 saturated heterocycles. The molecule has 1 aliphatic carbocycles. The summed E-state index contributed by atoms with van der Waals surface area (Å²) in [5.74, 6) is -0.188. The third-order valence-corrected chi connectivity index (χ3v) is 4.63. The lowest BCUT2D eigenvalue weighted by Crippen LogP contribution is -2.46. The van der Waals surface area contributed by atoms with Crippen LogP contribution in [0.25, 0.3) is 0 Å². The normalized spacial score (nSPS) is 26.2. The molecule has 0 aromatic rings. The summed E-state index contributed by atoms with van der Waals surface area (Å²) in [6, 6.07) is -0.207.